The van der Waals surface area contributed by atoms with Crippen molar-refractivity contribution in [1.29, 1.82) is 0 Å². The van der Waals surface area contributed by atoms with E-state index in [0.717, 1.165) is 28.0 Å². The van der Waals surface area contributed by atoms with E-state index in [1.54, 1.807) is 12.1 Å². The predicted molar refractivity (Wildman–Crippen MR) is 105 cm³/mol. The third-order valence-corrected chi connectivity index (χ3v) is 4.66. The molecule has 27 heavy (non-hydrogen) atoms. The normalized spacial score (nSPS) is 16.9. The molecule has 1 unspecified atom stereocenters. The average Bonchev–Trinajstić information content (AvgIpc) is 3.12. The molecule has 1 aliphatic heterocycles. The van der Waals surface area contributed by atoms with Crippen LogP contribution in [0.15, 0.2) is 58.8 Å². The van der Waals surface area contributed by atoms with E-state index in [-0.39, 0.29) is 11.9 Å². The second kappa shape index (κ2) is 6.92. The number of nitrogens with zero attached hydrogens (tertiary/aromatic N) is 2. The summed E-state index contributed by atoms with van der Waals surface area (Å²) < 4.78 is 18.9. The van der Waals surface area contributed by atoms with Crippen LogP contribution >= 0.6 is 12.2 Å². The fourth-order valence-corrected chi connectivity index (χ4v) is 3.31. The summed E-state index contributed by atoms with van der Waals surface area (Å²) in [6.45, 7) is 3.92. The Morgan fingerprint density at radius 3 is 2.44 bits per heavy atom. The minimum Gasteiger partial charge on any atom is -0.351 e. The number of hydrogen-bond acceptors (Lipinski definition) is 4. The number of aromatic nitrogens is 2. The Labute approximate surface area is 161 Å². The van der Waals surface area contributed by atoms with Crippen LogP contribution in [0.2, 0.25) is 0 Å². The predicted octanol–water partition coefficient (Wildman–Crippen LogP) is 4.13. The van der Waals surface area contributed by atoms with E-state index in [1.165, 1.54) is 12.1 Å². The van der Waals surface area contributed by atoms with Crippen molar-refractivity contribution in [1.82, 2.24) is 20.8 Å². The molecule has 0 aliphatic carbocycles. The monoisotopic (exact) mass is 380 g/mol. The van der Waals surface area contributed by atoms with Gasteiger partial charge >= 0.3 is 0 Å². The number of hydrogen-bond donors (Lipinski definition) is 2. The summed E-state index contributed by atoms with van der Waals surface area (Å²) >= 11 is 5.29. The summed E-state index contributed by atoms with van der Waals surface area (Å²) in [7, 11) is 0. The van der Waals surface area contributed by atoms with Crippen LogP contribution < -0.4 is 10.6 Å². The van der Waals surface area contributed by atoms with Crippen molar-refractivity contribution in [2.75, 3.05) is 0 Å². The molecule has 2 aromatic carbocycles. The molecular formula is C20H17FN4OS. The van der Waals surface area contributed by atoms with Crippen LogP contribution in [0.25, 0.3) is 17.0 Å². The molecule has 0 radical (unpaired) electrons. The number of allylic oxidation sites excluding steroid dienone is 1. The Hall–Kier alpha value is -3.06. The van der Waals surface area contributed by atoms with Crippen molar-refractivity contribution in [2.45, 2.75) is 19.9 Å². The SMILES string of the molecule is CC1=C(c2nc(-c3ccc(C)cc3)no2)C(c2ccc(F)cc2)NC(=S)N1. The molecule has 0 fully saturated rings. The highest BCUT2D eigenvalue weighted by Crippen LogP contribution is 2.34. The minimum atomic E-state index is -0.314. The highest BCUT2D eigenvalue weighted by molar-refractivity contribution is 7.80. The summed E-state index contributed by atoms with van der Waals surface area (Å²) in [5, 5.41) is 10.9. The van der Waals surface area contributed by atoms with Gasteiger partial charge in [0.15, 0.2) is 5.11 Å². The molecule has 0 saturated heterocycles. The van der Waals surface area contributed by atoms with E-state index in [2.05, 4.69) is 20.8 Å². The lowest BCUT2D eigenvalue weighted by molar-refractivity contribution is 0.403. The van der Waals surface area contributed by atoms with Crippen LogP contribution in [0.3, 0.4) is 0 Å². The van der Waals surface area contributed by atoms with Gasteiger partial charge in [-0.05, 0) is 43.8 Å². The van der Waals surface area contributed by atoms with Crippen LogP contribution in [0.4, 0.5) is 4.39 Å². The molecule has 2 N–H and O–H groups in total. The van der Waals surface area contributed by atoms with Crippen molar-refractivity contribution >= 4 is 22.9 Å². The molecule has 2 heterocycles. The molecule has 7 heteroatoms. The van der Waals surface area contributed by atoms with Gasteiger partial charge in [-0.15, -0.1) is 0 Å². The largest absolute Gasteiger partial charge is 0.351 e. The van der Waals surface area contributed by atoms with E-state index in [0.29, 0.717) is 16.8 Å². The molecule has 0 amide bonds. The molecule has 3 aromatic rings. The standard InChI is InChI=1S/C20H17FN4OS/c1-11-3-5-14(6-4-11)18-24-19(26-25-18)16-12(2)22-20(27)23-17(16)13-7-9-15(21)10-8-13/h3-10,17H,1-2H3,(H2,22,23,27). The van der Waals surface area contributed by atoms with Gasteiger partial charge in [-0.2, -0.15) is 4.98 Å². The van der Waals surface area contributed by atoms with Gasteiger partial charge in [-0.3, -0.25) is 0 Å². The number of benzene rings is 2. The Kier molecular flexibility index (Phi) is 4.45. The number of thiocarbonyl (C=S) groups is 1. The molecule has 1 aliphatic rings. The Morgan fingerprint density at radius 2 is 1.74 bits per heavy atom. The van der Waals surface area contributed by atoms with Gasteiger partial charge in [-0.25, -0.2) is 4.39 Å². The van der Waals surface area contributed by atoms with E-state index in [4.69, 9.17) is 16.7 Å². The van der Waals surface area contributed by atoms with Crippen LogP contribution in [-0.2, 0) is 0 Å². The summed E-state index contributed by atoms with van der Waals surface area (Å²) in [5.74, 6) is 0.605. The van der Waals surface area contributed by atoms with E-state index >= 15 is 0 Å². The van der Waals surface area contributed by atoms with Crippen LogP contribution in [0, 0.1) is 12.7 Å². The van der Waals surface area contributed by atoms with E-state index < -0.39 is 0 Å². The molecule has 1 aromatic heterocycles. The highest BCUT2D eigenvalue weighted by Gasteiger charge is 2.30. The van der Waals surface area contributed by atoms with Crippen LogP contribution in [-0.4, -0.2) is 15.3 Å². The third kappa shape index (κ3) is 3.46. The minimum absolute atomic E-state index is 0.294. The van der Waals surface area contributed by atoms with Gasteiger partial charge in [0, 0.05) is 11.3 Å². The fraction of sp³-hybridized carbons (Fsp3) is 0.150. The second-order valence-corrected chi connectivity index (χ2v) is 6.82. The number of rotatable bonds is 3. The lowest BCUT2D eigenvalue weighted by Crippen LogP contribution is -2.42. The Bertz CT molecular complexity index is 1020. The van der Waals surface area contributed by atoms with Gasteiger partial charge in [0.2, 0.25) is 5.82 Å². The maximum absolute atomic E-state index is 13.3. The number of halogens is 1. The molecular weight excluding hydrogens is 363 g/mol. The molecule has 0 spiro atoms. The first-order valence-corrected chi connectivity index (χ1v) is 8.87. The van der Waals surface area contributed by atoms with Crippen LogP contribution in [0.5, 0.6) is 0 Å². The molecule has 4 rings (SSSR count). The quantitative estimate of drug-likeness (QED) is 0.666. The average molecular weight is 380 g/mol. The first kappa shape index (κ1) is 17.4. The zero-order valence-corrected chi connectivity index (χ0v) is 15.6. The molecule has 5 nitrogen and oxygen atoms in total. The maximum Gasteiger partial charge on any atom is 0.258 e. The Balaban J connectivity index is 1.75. The first-order chi connectivity index (χ1) is 13.0. The smallest absolute Gasteiger partial charge is 0.258 e. The van der Waals surface area contributed by atoms with Gasteiger partial charge in [0.1, 0.15) is 5.82 Å². The molecule has 0 bridgehead atoms. The summed E-state index contributed by atoms with van der Waals surface area (Å²) in [6.07, 6.45) is 0. The second-order valence-electron chi connectivity index (χ2n) is 6.41. The van der Waals surface area contributed by atoms with Crippen molar-refractivity contribution in [2.24, 2.45) is 0 Å². The third-order valence-electron chi connectivity index (χ3n) is 4.44. The highest BCUT2D eigenvalue weighted by atomic mass is 32.1. The van der Waals surface area contributed by atoms with Crippen molar-refractivity contribution < 1.29 is 8.91 Å². The fourth-order valence-electron chi connectivity index (χ4n) is 3.04. The van der Waals surface area contributed by atoms with Gasteiger partial charge in [0.05, 0.1) is 11.6 Å². The van der Waals surface area contributed by atoms with Crippen molar-refractivity contribution in [3.8, 4) is 11.4 Å². The number of nitrogens with one attached hydrogen (secondary N) is 2. The lowest BCUT2D eigenvalue weighted by atomic mass is 9.95. The van der Waals surface area contributed by atoms with Gasteiger partial charge < -0.3 is 15.2 Å². The van der Waals surface area contributed by atoms with Gasteiger partial charge in [0.25, 0.3) is 5.89 Å². The van der Waals surface area contributed by atoms with Gasteiger partial charge in [-0.1, -0.05) is 47.1 Å². The zero-order valence-electron chi connectivity index (χ0n) is 14.8. The zero-order chi connectivity index (χ0) is 19.0. The molecule has 0 saturated carbocycles. The molecule has 1 atom stereocenters. The van der Waals surface area contributed by atoms with E-state index in [1.807, 2.05) is 38.1 Å². The molecule has 136 valence electrons. The summed E-state index contributed by atoms with van der Waals surface area (Å²) in [4.78, 5) is 4.57. The number of aryl methyl sites for hydroxylation is 1. The Morgan fingerprint density at radius 1 is 1.04 bits per heavy atom. The first-order valence-electron chi connectivity index (χ1n) is 8.46. The van der Waals surface area contributed by atoms with Crippen molar-refractivity contribution in [3.63, 3.8) is 0 Å². The summed E-state index contributed by atoms with van der Waals surface area (Å²) in [6, 6.07) is 13.9. The summed E-state index contributed by atoms with van der Waals surface area (Å²) in [5.41, 5.74) is 4.48. The topological polar surface area (TPSA) is 63.0 Å². The van der Waals surface area contributed by atoms with E-state index in [9.17, 15) is 4.39 Å². The maximum atomic E-state index is 13.3. The van der Waals surface area contributed by atoms with Crippen LogP contribution in [0.1, 0.15) is 30.0 Å². The van der Waals surface area contributed by atoms with Crippen molar-refractivity contribution in [3.05, 3.63) is 77.1 Å². The lowest BCUT2D eigenvalue weighted by Gasteiger charge is -2.29.